The van der Waals surface area contributed by atoms with Crippen LogP contribution in [0.5, 0.6) is 0 Å². The first-order chi connectivity index (χ1) is 8.06. The lowest BCUT2D eigenvalue weighted by atomic mass is 10.1. The van der Waals surface area contributed by atoms with Gasteiger partial charge in [0, 0.05) is 5.39 Å². The molecular formula is C13H13NO2S. The molecule has 0 saturated heterocycles. The molecule has 0 spiro atoms. The van der Waals surface area contributed by atoms with Crippen molar-refractivity contribution in [3.63, 3.8) is 0 Å². The summed E-state index contributed by atoms with van der Waals surface area (Å²) in [5, 5.41) is 10.6. The molecule has 0 amide bonds. The molecule has 0 saturated carbocycles. The van der Waals surface area contributed by atoms with E-state index in [0.29, 0.717) is 0 Å². The molecule has 2 aromatic rings. The van der Waals surface area contributed by atoms with Gasteiger partial charge in [0.15, 0.2) is 0 Å². The Hall–Kier alpha value is -1.55. The largest absolute Gasteiger partial charge is 0.481 e. The standard InChI is InChI=1S/C13H13NO2S/c1-8-3-4-10-6-9(2)13(14-11(10)5-8)17-7-12(15)16/h3-6H,7H2,1-2H3,(H,15,16). The van der Waals surface area contributed by atoms with Crippen LogP contribution in [0.4, 0.5) is 0 Å². The number of nitrogens with zero attached hydrogens (tertiary/aromatic N) is 1. The highest BCUT2D eigenvalue weighted by Gasteiger charge is 2.06. The van der Waals surface area contributed by atoms with E-state index < -0.39 is 5.97 Å². The third-order valence-electron chi connectivity index (χ3n) is 2.45. The number of thioether (sulfide) groups is 1. The van der Waals surface area contributed by atoms with Crippen molar-refractivity contribution in [3.05, 3.63) is 35.4 Å². The molecule has 0 atom stereocenters. The van der Waals surface area contributed by atoms with E-state index in [1.54, 1.807) is 0 Å². The maximum Gasteiger partial charge on any atom is 0.313 e. The quantitative estimate of drug-likeness (QED) is 0.847. The van der Waals surface area contributed by atoms with Gasteiger partial charge in [-0.3, -0.25) is 4.79 Å². The van der Waals surface area contributed by atoms with Crippen LogP contribution in [0.15, 0.2) is 29.3 Å². The lowest BCUT2D eigenvalue weighted by Gasteiger charge is -2.06. The minimum atomic E-state index is -0.819. The maximum atomic E-state index is 10.6. The molecule has 0 aliphatic rings. The summed E-state index contributed by atoms with van der Waals surface area (Å²) in [5.41, 5.74) is 3.10. The number of aliphatic carboxylic acids is 1. The van der Waals surface area contributed by atoms with Gasteiger partial charge in [0.1, 0.15) is 5.03 Å². The van der Waals surface area contributed by atoms with E-state index >= 15 is 0 Å². The number of carbonyl (C=O) groups is 1. The number of fused-ring (bicyclic) bond motifs is 1. The van der Waals surface area contributed by atoms with Gasteiger partial charge < -0.3 is 5.11 Å². The zero-order valence-electron chi connectivity index (χ0n) is 9.73. The molecule has 0 aliphatic heterocycles. The van der Waals surface area contributed by atoms with Crippen LogP contribution in [-0.2, 0) is 4.79 Å². The van der Waals surface area contributed by atoms with Crippen LogP contribution in [0, 0.1) is 13.8 Å². The zero-order chi connectivity index (χ0) is 12.4. The number of rotatable bonds is 3. The van der Waals surface area contributed by atoms with Crippen molar-refractivity contribution in [1.82, 2.24) is 4.98 Å². The van der Waals surface area contributed by atoms with Crippen molar-refractivity contribution in [2.24, 2.45) is 0 Å². The third kappa shape index (κ3) is 2.77. The molecule has 0 bridgehead atoms. The number of carboxylic acids is 1. The van der Waals surface area contributed by atoms with Crippen molar-refractivity contribution < 1.29 is 9.90 Å². The van der Waals surface area contributed by atoms with Crippen LogP contribution in [0.2, 0.25) is 0 Å². The molecular weight excluding hydrogens is 234 g/mol. The molecule has 1 aromatic heterocycles. The van der Waals surface area contributed by atoms with Crippen molar-refractivity contribution >= 4 is 28.6 Å². The molecule has 1 heterocycles. The molecule has 17 heavy (non-hydrogen) atoms. The minimum absolute atomic E-state index is 0.0468. The van der Waals surface area contributed by atoms with E-state index in [0.717, 1.165) is 27.1 Å². The fourth-order valence-electron chi connectivity index (χ4n) is 1.64. The van der Waals surface area contributed by atoms with Gasteiger partial charge in [-0.1, -0.05) is 23.9 Å². The molecule has 1 aromatic carbocycles. The smallest absolute Gasteiger partial charge is 0.313 e. The fourth-order valence-corrected chi connectivity index (χ4v) is 2.35. The number of aromatic nitrogens is 1. The number of carboxylic acid groups (broad SMARTS) is 1. The fraction of sp³-hybridized carbons (Fsp3) is 0.231. The van der Waals surface area contributed by atoms with Crippen LogP contribution >= 0.6 is 11.8 Å². The molecule has 0 unspecified atom stereocenters. The first-order valence-electron chi connectivity index (χ1n) is 5.29. The van der Waals surface area contributed by atoms with E-state index in [1.165, 1.54) is 11.8 Å². The molecule has 1 N–H and O–H groups in total. The number of hydrogen-bond donors (Lipinski definition) is 1. The third-order valence-corrected chi connectivity index (χ3v) is 3.53. The Balaban J connectivity index is 2.42. The summed E-state index contributed by atoms with van der Waals surface area (Å²) in [5.74, 6) is -0.772. The highest BCUT2D eigenvalue weighted by molar-refractivity contribution is 7.99. The average molecular weight is 247 g/mol. The van der Waals surface area contributed by atoms with Crippen LogP contribution in [0.3, 0.4) is 0 Å². The summed E-state index contributed by atoms with van der Waals surface area (Å²) in [6.07, 6.45) is 0. The molecule has 88 valence electrons. The molecule has 0 fully saturated rings. The second kappa shape index (κ2) is 4.75. The van der Waals surface area contributed by atoms with Crippen molar-refractivity contribution in [3.8, 4) is 0 Å². The maximum absolute atomic E-state index is 10.6. The second-order valence-corrected chi connectivity index (χ2v) is 4.95. The Morgan fingerprint density at radius 3 is 2.82 bits per heavy atom. The number of hydrogen-bond acceptors (Lipinski definition) is 3. The Labute approximate surface area is 104 Å². The SMILES string of the molecule is Cc1ccc2cc(C)c(SCC(=O)O)nc2c1. The number of pyridine rings is 1. The van der Waals surface area contributed by atoms with Crippen LogP contribution in [0.25, 0.3) is 10.9 Å². The normalized spacial score (nSPS) is 10.7. The summed E-state index contributed by atoms with van der Waals surface area (Å²) in [7, 11) is 0. The van der Waals surface area contributed by atoms with E-state index in [1.807, 2.05) is 38.1 Å². The summed E-state index contributed by atoms with van der Waals surface area (Å²) in [6, 6.07) is 8.15. The predicted molar refractivity (Wildman–Crippen MR) is 69.6 cm³/mol. The van der Waals surface area contributed by atoms with E-state index in [9.17, 15) is 4.79 Å². The van der Waals surface area contributed by atoms with E-state index in [-0.39, 0.29) is 5.75 Å². The van der Waals surface area contributed by atoms with Gasteiger partial charge in [0.2, 0.25) is 0 Å². The Kier molecular flexibility index (Phi) is 3.33. The Morgan fingerprint density at radius 1 is 1.35 bits per heavy atom. The van der Waals surface area contributed by atoms with Crippen molar-refractivity contribution in [1.29, 1.82) is 0 Å². The Morgan fingerprint density at radius 2 is 2.12 bits per heavy atom. The van der Waals surface area contributed by atoms with Crippen molar-refractivity contribution in [2.75, 3.05) is 5.75 Å². The average Bonchev–Trinajstić information content (AvgIpc) is 2.26. The van der Waals surface area contributed by atoms with Gasteiger partial charge in [0.05, 0.1) is 11.3 Å². The van der Waals surface area contributed by atoms with Gasteiger partial charge >= 0.3 is 5.97 Å². The highest BCUT2D eigenvalue weighted by Crippen LogP contribution is 2.24. The summed E-state index contributed by atoms with van der Waals surface area (Å²) in [4.78, 5) is 15.1. The highest BCUT2D eigenvalue weighted by atomic mass is 32.2. The summed E-state index contributed by atoms with van der Waals surface area (Å²) in [6.45, 7) is 3.97. The molecule has 4 heteroatoms. The predicted octanol–water partition coefficient (Wildman–Crippen LogP) is 3.03. The first kappa shape index (κ1) is 11.9. The van der Waals surface area contributed by atoms with Crippen LogP contribution in [-0.4, -0.2) is 21.8 Å². The van der Waals surface area contributed by atoms with Crippen LogP contribution in [0.1, 0.15) is 11.1 Å². The lowest BCUT2D eigenvalue weighted by Crippen LogP contribution is -1.99. The molecule has 0 aliphatic carbocycles. The number of benzene rings is 1. The molecule has 0 radical (unpaired) electrons. The van der Waals surface area contributed by atoms with Gasteiger partial charge in [-0.2, -0.15) is 0 Å². The monoisotopic (exact) mass is 247 g/mol. The summed E-state index contributed by atoms with van der Waals surface area (Å²) < 4.78 is 0. The van der Waals surface area contributed by atoms with Gasteiger partial charge in [0.25, 0.3) is 0 Å². The van der Waals surface area contributed by atoms with E-state index in [2.05, 4.69) is 4.98 Å². The number of aryl methyl sites for hydroxylation is 2. The van der Waals surface area contributed by atoms with Crippen LogP contribution < -0.4 is 0 Å². The lowest BCUT2D eigenvalue weighted by molar-refractivity contribution is -0.133. The zero-order valence-corrected chi connectivity index (χ0v) is 10.5. The molecule has 3 nitrogen and oxygen atoms in total. The van der Waals surface area contributed by atoms with Gasteiger partial charge in [-0.25, -0.2) is 4.98 Å². The van der Waals surface area contributed by atoms with Crippen molar-refractivity contribution in [2.45, 2.75) is 18.9 Å². The summed E-state index contributed by atoms with van der Waals surface area (Å²) >= 11 is 1.27. The Bertz CT molecular complexity index is 581. The minimum Gasteiger partial charge on any atom is -0.481 e. The van der Waals surface area contributed by atoms with Gasteiger partial charge in [-0.15, -0.1) is 0 Å². The second-order valence-electron chi connectivity index (χ2n) is 3.99. The molecule has 2 rings (SSSR count). The topological polar surface area (TPSA) is 50.2 Å². The van der Waals surface area contributed by atoms with E-state index in [4.69, 9.17) is 5.11 Å². The van der Waals surface area contributed by atoms with Gasteiger partial charge in [-0.05, 0) is 37.1 Å². The first-order valence-corrected chi connectivity index (χ1v) is 6.27.